The molecule has 13 rings (SSSR count). The van der Waals surface area contributed by atoms with Gasteiger partial charge in [-0.2, -0.15) is 11.6 Å². The van der Waals surface area contributed by atoms with E-state index in [0.717, 1.165) is 9.13 Å². The molecule has 0 unspecified atom stereocenters. The number of benzene rings is 9. The van der Waals surface area contributed by atoms with E-state index in [4.69, 9.17) is 30.8 Å². The molecule has 9 aromatic carbocycles. The van der Waals surface area contributed by atoms with Crippen molar-refractivity contribution < 1.29 is 50.0 Å². The molecule has 0 atom stereocenters. The van der Waals surface area contributed by atoms with Gasteiger partial charge in [-0.05, 0) is 105 Å². The molecule has 5 heteroatoms. The molecule has 59 heavy (non-hydrogen) atoms. The summed E-state index contributed by atoms with van der Waals surface area (Å²) in [6.07, 6.45) is 0. The summed E-state index contributed by atoms with van der Waals surface area (Å²) in [4.78, 5) is -0.486. The molecular formula is C54H33BN2OS. The lowest BCUT2D eigenvalue weighted by Crippen LogP contribution is -2.46. The van der Waals surface area contributed by atoms with Crippen molar-refractivity contribution in [3.05, 3.63) is 199 Å². The van der Waals surface area contributed by atoms with Crippen molar-refractivity contribution in [3.8, 4) is 56.3 Å². The fraction of sp³-hybridized carbons (Fsp3) is 0. The van der Waals surface area contributed by atoms with Crippen LogP contribution in [0.5, 0.6) is 11.5 Å². The smallest absolute Gasteiger partial charge is 0.289 e. The van der Waals surface area contributed by atoms with Crippen LogP contribution in [0, 0.1) is 0 Å². The molecule has 3 nitrogen and oxygen atoms in total. The van der Waals surface area contributed by atoms with Crippen LogP contribution >= 0.6 is 11.6 Å². The number of hydrogen-bond acceptors (Lipinski definition) is 2. The average Bonchev–Trinajstić information content (AvgIpc) is 0.933. The Kier molecular flexibility index (Phi) is 3.06. The molecule has 0 saturated heterocycles. The minimum absolute atomic E-state index is 0.314. The Bertz CT molecular complexity index is 5320. The molecule has 2 aromatic heterocycles. The first kappa shape index (κ1) is 14.3. The zero-order valence-corrected chi connectivity index (χ0v) is 30.1. The maximum absolute atomic E-state index is 10.3. The second kappa shape index (κ2) is 12.6. The van der Waals surface area contributed by atoms with Gasteiger partial charge in [0.15, 0.2) is 0 Å². The van der Waals surface area contributed by atoms with Crippen molar-refractivity contribution in [3.63, 3.8) is 0 Å². The van der Waals surface area contributed by atoms with Gasteiger partial charge in [-0.25, -0.2) is 0 Å². The highest BCUT2D eigenvalue weighted by molar-refractivity contribution is 8.28. The highest BCUT2D eigenvalue weighted by Crippen LogP contribution is 2.47. The fourth-order valence-electron chi connectivity index (χ4n) is 7.52. The van der Waals surface area contributed by atoms with E-state index in [9.17, 15) is 19.2 Å². The van der Waals surface area contributed by atoms with Gasteiger partial charge in [0.25, 0.3) is 5.99 Å². The van der Waals surface area contributed by atoms with E-state index >= 15 is 0 Å². The van der Waals surface area contributed by atoms with Crippen molar-refractivity contribution in [2.75, 3.05) is 0 Å². The molecule has 0 N–H and O–H groups in total. The highest BCUT2D eigenvalue weighted by Gasteiger charge is 2.39. The van der Waals surface area contributed by atoms with Crippen LogP contribution in [0.2, 0.25) is 0 Å². The summed E-state index contributed by atoms with van der Waals surface area (Å²) in [6.45, 7) is 0. The Morgan fingerprint density at radius 2 is 1.03 bits per heavy atom. The lowest BCUT2D eigenvalue weighted by molar-refractivity contribution is 0.488. The standard InChI is InChI=1S/C54H33BN2OS/c1-7-22-46(57-49-25-10-4-19-41(49)42-20-5-11-26-50(42)57)38(16-1)35-28-29-43-44-31-36(32-52-54(44)55(59-53(43)33-35)45-21-6-12-27-51(45)58-52)34-14-13-15-37(30-34)56-47-23-8-2-17-39(47)40-18-3-9-24-48(40)56/h1-33H/i1D,2D,3D,4D,5D,6D,7D,8D,9D,10D,11D,12D,13D,14D,15D,16D,17D,18D,19D,20D,21D,22D,23D,24D,25D,26D,27D,28D,29D,30D,31D,32D,33D. The van der Waals surface area contributed by atoms with E-state index in [1.165, 1.54) is 0 Å². The minimum Gasteiger partial charge on any atom is -0.458 e. The third-order valence-corrected chi connectivity index (χ3v) is 11.2. The zero-order valence-electron chi connectivity index (χ0n) is 62.3. The van der Waals surface area contributed by atoms with Crippen molar-refractivity contribution >= 4 is 72.1 Å². The van der Waals surface area contributed by atoms with Crippen LogP contribution in [0.3, 0.4) is 0 Å². The molecule has 0 aliphatic carbocycles. The second-order valence-corrected chi connectivity index (χ2v) is 14.2. The highest BCUT2D eigenvalue weighted by atomic mass is 32.2. The first-order valence-corrected chi connectivity index (χ1v) is 18.4. The summed E-state index contributed by atoms with van der Waals surface area (Å²) in [7, 11) is 0. The Balaban J connectivity index is 1.19. The van der Waals surface area contributed by atoms with E-state index in [2.05, 4.69) is 0 Å². The van der Waals surface area contributed by atoms with Crippen molar-refractivity contribution in [2.45, 2.75) is 4.90 Å². The summed E-state index contributed by atoms with van der Waals surface area (Å²) >= 11 is 0.546. The van der Waals surface area contributed by atoms with Gasteiger partial charge in [-0.15, -0.1) is 0 Å². The van der Waals surface area contributed by atoms with Crippen molar-refractivity contribution in [1.29, 1.82) is 0 Å². The molecule has 0 fully saturated rings. The lowest BCUT2D eigenvalue weighted by Gasteiger charge is -2.33. The van der Waals surface area contributed by atoms with E-state index in [1.807, 2.05) is 0 Å². The molecule has 0 radical (unpaired) electrons. The van der Waals surface area contributed by atoms with E-state index in [0.29, 0.717) is 11.6 Å². The number of rotatable bonds is 4. The summed E-state index contributed by atoms with van der Waals surface area (Å²) in [5, 5.41) is -2.07. The fourth-order valence-corrected chi connectivity index (χ4v) is 8.82. The predicted molar refractivity (Wildman–Crippen MR) is 249 cm³/mol. The van der Waals surface area contributed by atoms with Crippen molar-refractivity contribution in [2.24, 2.45) is 0 Å². The predicted octanol–water partition coefficient (Wildman–Crippen LogP) is 13.2. The molecule has 0 amide bonds. The van der Waals surface area contributed by atoms with Gasteiger partial charge in [0.05, 0.1) is 73.0 Å². The number of para-hydroxylation sites is 6. The minimum atomic E-state index is -1.63. The lowest BCUT2D eigenvalue weighted by atomic mass is 9.57. The maximum Gasteiger partial charge on any atom is 0.289 e. The zero-order chi connectivity index (χ0) is 67.3. The van der Waals surface area contributed by atoms with Gasteiger partial charge in [0, 0.05) is 37.7 Å². The first-order chi connectivity index (χ1) is 43.0. The van der Waals surface area contributed by atoms with Crippen LogP contribution in [0.15, 0.2) is 204 Å². The average molecular weight is 802 g/mol. The van der Waals surface area contributed by atoms with Crippen molar-refractivity contribution in [1.82, 2.24) is 9.13 Å². The number of hydrogen-bond donors (Lipinski definition) is 0. The topological polar surface area (TPSA) is 19.1 Å². The normalized spacial score (nSPS) is 20.6. The molecule has 0 spiro atoms. The van der Waals surface area contributed by atoms with Crippen LogP contribution in [0.1, 0.15) is 45.2 Å². The van der Waals surface area contributed by atoms with Crippen LogP contribution in [-0.2, 0) is 0 Å². The number of ether oxygens (including phenoxy) is 1. The van der Waals surface area contributed by atoms with Crippen LogP contribution in [-0.4, -0.2) is 15.1 Å². The summed E-state index contributed by atoms with van der Waals surface area (Å²) in [5.74, 6) is -2.94. The van der Waals surface area contributed by atoms with Gasteiger partial charge >= 0.3 is 0 Å². The van der Waals surface area contributed by atoms with Gasteiger partial charge in [-0.3, -0.25) is 0 Å². The summed E-state index contributed by atoms with van der Waals surface area (Å²) < 4.78 is 311. The molecule has 2 aliphatic heterocycles. The molecule has 2 aliphatic rings. The molecule has 0 saturated carbocycles. The summed E-state index contributed by atoms with van der Waals surface area (Å²) in [5.41, 5.74) is -9.53. The monoisotopic (exact) mass is 801 g/mol. The Morgan fingerprint density at radius 1 is 0.424 bits per heavy atom. The third kappa shape index (κ3) is 4.86. The van der Waals surface area contributed by atoms with Crippen LogP contribution in [0.25, 0.3) is 88.4 Å². The SMILES string of the molecule is [2H]c1c([2H])c([2H])c2c(c1[2H])Oc1c([2H])c(-c3c([2H])c([2H])c([2H])c(-n4c5c([2H])c([2H])c([2H])c([2H])c5c5c([2H])c([2H])c([2H])c([2H])c54)c3[2H])c([2H])c3c1B2Sc1c([2H])c(-c2c([2H])c([2H])c([2H])c([2H])c2-n2c4c([2H])c([2H])c([2H])c([2H])c4c4c([2H])c([2H])c([2H])c([2H])c42)c([2H])c([2H])c1-3. The van der Waals surface area contributed by atoms with Gasteiger partial charge < -0.3 is 13.9 Å². The van der Waals surface area contributed by atoms with Gasteiger partial charge in [-0.1, -0.05) is 133 Å². The summed E-state index contributed by atoms with van der Waals surface area (Å²) in [6, 6.07) is -30.6. The molecule has 4 heterocycles. The van der Waals surface area contributed by atoms with Crippen LogP contribution < -0.4 is 15.7 Å². The first-order valence-electron chi connectivity index (χ1n) is 34.0. The van der Waals surface area contributed by atoms with Crippen LogP contribution in [0.4, 0.5) is 0 Å². The molecule has 0 bridgehead atoms. The van der Waals surface area contributed by atoms with Gasteiger partial charge in [0.1, 0.15) is 11.5 Å². The van der Waals surface area contributed by atoms with E-state index in [1.54, 1.807) is 0 Å². The second-order valence-electron chi connectivity index (χ2n) is 13.1. The Hall–Kier alpha value is -7.21. The number of fused-ring (bicyclic) bond motifs is 10. The molecule has 11 aromatic rings. The number of aromatic nitrogens is 2. The molecular weight excluding hydrogens is 735 g/mol. The maximum atomic E-state index is 10.3. The third-order valence-electron chi connectivity index (χ3n) is 9.97. The van der Waals surface area contributed by atoms with E-state index in [-0.39, 0.29) is 10.9 Å². The van der Waals surface area contributed by atoms with Gasteiger partial charge in [0.2, 0.25) is 0 Å². The number of nitrogens with zero attached hydrogens (tertiary/aromatic N) is 2. The molecule has 274 valence electrons. The Morgan fingerprint density at radius 3 is 1.75 bits per heavy atom. The Labute approximate surface area is 392 Å². The quantitative estimate of drug-likeness (QED) is 0.165. The largest absolute Gasteiger partial charge is 0.458 e. The van der Waals surface area contributed by atoms with E-state index < -0.39 is 310 Å².